The second kappa shape index (κ2) is 5.58. The van der Waals surface area contributed by atoms with Gasteiger partial charge in [-0.2, -0.15) is 13.2 Å². The minimum atomic E-state index is -4.44. The first-order valence-electron chi connectivity index (χ1n) is 5.24. The van der Waals surface area contributed by atoms with Gasteiger partial charge in [0.2, 0.25) is 0 Å². The molecule has 0 radical (unpaired) electrons. The number of anilines is 1. The summed E-state index contributed by atoms with van der Waals surface area (Å²) in [6.45, 7) is 1.95. The fraction of sp³-hybridized carbons (Fsp3) is 0.417. The van der Waals surface area contributed by atoms with Gasteiger partial charge in [0.05, 0.1) is 6.04 Å². The van der Waals surface area contributed by atoms with Gasteiger partial charge < -0.3 is 5.32 Å². The Hall–Kier alpha value is -1.70. The highest BCUT2D eigenvalue weighted by atomic mass is 19.4. The molecule has 1 heterocycles. The van der Waals surface area contributed by atoms with Crippen molar-refractivity contribution in [2.24, 2.45) is 0 Å². The molecule has 0 fully saturated rings. The van der Waals surface area contributed by atoms with E-state index in [9.17, 15) is 13.2 Å². The van der Waals surface area contributed by atoms with Crippen molar-refractivity contribution in [3.05, 3.63) is 23.9 Å². The SMILES string of the molecule is C#CC(CCC)Nc1cccc(C(F)(F)F)n1. The van der Waals surface area contributed by atoms with Gasteiger partial charge >= 0.3 is 6.18 Å². The molecule has 0 spiro atoms. The molecule has 0 bridgehead atoms. The van der Waals surface area contributed by atoms with Crippen LogP contribution in [-0.4, -0.2) is 11.0 Å². The zero-order valence-electron chi connectivity index (χ0n) is 9.38. The van der Waals surface area contributed by atoms with E-state index in [0.717, 1.165) is 12.5 Å². The van der Waals surface area contributed by atoms with Crippen LogP contribution in [0.3, 0.4) is 0 Å². The molecule has 0 amide bonds. The van der Waals surface area contributed by atoms with Gasteiger partial charge in [-0.3, -0.25) is 0 Å². The number of aromatic nitrogens is 1. The van der Waals surface area contributed by atoms with Gasteiger partial charge in [0.15, 0.2) is 0 Å². The molecule has 1 N–H and O–H groups in total. The third-order valence-corrected chi connectivity index (χ3v) is 2.14. The molecule has 17 heavy (non-hydrogen) atoms. The van der Waals surface area contributed by atoms with Crippen LogP contribution in [-0.2, 0) is 6.18 Å². The predicted octanol–water partition coefficient (Wildman–Crippen LogP) is 3.31. The van der Waals surface area contributed by atoms with Gasteiger partial charge in [-0.25, -0.2) is 4.98 Å². The lowest BCUT2D eigenvalue weighted by Crippen LogP contribution is -2.18. The van der Waals surface area contributed by atoms with Crippen LogP contribution >= 0.6 is 0 Å². The van der Waals surface area contributed by atoms with Crippen molar-refractivity contribution >= 4 is 5.82 Å². The molecule has 0 aromatic carbocycles. The van der Waals surface area contributed by atoms with Gasteiger partial charge in [0.1, 0.15) is 11.5 Å². The van der Waals surface area contributed by atoms with Crippen LogP contribution in [0.25, 0.3) is 0 Å². The molecule has 1 unspecified atom stereocenters. The van der Waals surface area contributed by atoms with Gasteiger partial charge in [-0.15, -0.1) is 6.42 Å². The lowest BCUT2D eigenvalue weighted by atomic mass is 10.2. The number of alkyl halides is 3. The molecule has 1 rings (SSSR count). The second-order valence-corrected chi connectivity index (χ2v) is 3.56. The summed E-state index contributed by atoms with van der Waals surface area (Å²) in [5.74, 6) is 2.63. The van der Waals surface area contributed by atoms with Crippen LogP contribution in [0.1, 0.15) is 25.5 Å². The van der Waals surface area contributed by atoms with Gasteiger partial charge in [-0.05, 0) is 18.6 Å². The molecule has 0 aliphatic heterocycles. The Morgan fingerprint density at radius 2 is 2.18 bits per heavy atom. The summed E-state index contributed by atoms with van der Waals surface area (Å²) in [7, 11) is 0. The highest BCUT2D eigenvalue weighted by molar-refractivity contribution is 5.39. The zero-order valence-corrected chi connectivity index (χ0v) is 9.38. The second-order valence-electron chi connectivity index (χ2n) is 3.56. The summed E-state index contributed by atoms with van der Waals surface area (Å²) in [6, 6.07) is 3.40. The van der Waals surface area contributed by atoms with E-state index in [1.807, 2.05) is 6.92 Å². The largest absolute Gasteiger partial charge is 0.433 e. The monoisotopic (exact) mass is 242 g/mol. The number of hydrogen-bond acceptors (Lipinski definition) is 2. The summed E-state index contributed by atoms with van der Waals surface area (Å²) in [4.78, 5) is 3.48. The first-order chi connectivity index (χ1) is 7.97. The van der Waals surface area contributed by atoms with Crippen molar-refractivity contribution in [3.63, 3.8) is 0 Å². The molecule has 0 aliphatic rings. The number of hydrogen-bond donors (Lipinski definition) is 1. The average Bonchev–Trinajstić information content (AvgIpc) is 2.28. The van der Waals surface area contributed by atoms with Gasteiger partial charge in [0, 0.05) is 0 Å². The molecule has 1 atom stereocenters. The van der Waals surface area contributed by atoms with E-state index >= 15 is 0 Å². The molecular formula is C12H13F3N2. The summed E-state index contributed by atoms with van der Waals surface area (Å²) >= 11 is 0. The third-order valence-electron chi connectivity index (χ3n) is 2.14. The average molecular weight is 242 g/mol. The first-order valence-corrected chi connectivity index (χ1v) is 5.24. The minimum Gasteiger partial charge on any atom is -0.356 e. The van der Waals surface area contributed by atoms with E-state index in [4.69, 9.17) is 6.42 Å². The molecule has 0 saturated carbocycles. The van der Waals surface area contributed by atoms with Crippen LogP contribution < -0.4 is 5.32 Å². The Morgan fingerprint density at radius 3 is 2.71 bits per heavy atom. The van der Waals surface area contributed by atoms with E-state index in [1.165, 1.54) is 12.1 Å². The number of nitrogens with one attached hydrogen (secondary N) is 1. The van der Waals surface area contributed by atoms with Crippen molar-refractivity contribution in [1.29, 1.82) is 0 Å². The van der Waals surface area contributed by atoms with Crippen molar-refractivity contribution in [2.75, 3.05) is 5.32 Å². The van der Waals surface area contributed by atoms with E-state index in [0.29, 0.717) is 6.42 Å². The normalized spacial score (nSPS) is 12.9. The molecule has 0 aliphatic carbocycles. The highest BCUT2D eigenvalue weighted by Crippen LogP contribution is 2.28. The summed E-state index contributed by atoms with van der Waals surface area (Å²) < 4.78 is 37.2. The molecule has 2 nitrogen and oxygen atoms in total. The first kappa shape index (κ1) is 13.4. The lowest BCUT2D eigenvalue weighted by molar-refractivity contribution is -0.141. The van der Waals surface area contributed by atoms with Gasteiger partial charge in [-0.1, -0.05) is 25.3 Å². The molecule has 1 aromatic rings. The van der Waals surface area contributed by atoms with E-state index in [-0.39, 0.29) is 11.9 Å². The molecule has 0 saturated heterocycles. The van der Waals surface area contributed by atoms with E-state index < -0.39 is 11.9 Å². The predicted molar refractivity (Wildman–Crippen MR) is 60.4 cm³/mol. The minimum absolute atomic E-state index is 0.149. The van der Waals surface area contributed by atoms with Crippen LogP contribution in [0.5, 0.6) is 0 Å². The maximum atomic E-state index is 12.4. The molecule has 1 aromatic heterocycles. The van der Waals surface area contributed by atoms with Crippen LogP contribution in [0.15, 0.2) is 18.2 Å². The molecular weight excluding hydrogens is 229 g/mol. The summed E-state index contributed by atoms with van der Waals surface area (Å²) in [5, 5.41) is 2.79. The molecule has 5 heteroatoms. The molecule has 92 valence electrons. The Kier molecular flexibility index (Phi) is 4.38. The number of halogens is 3. The Labute approximate surface area is 98.3 Å². The number of nitrogens with zero attached hydrogens (tertiary/aromatic N) is 1. The van der Waals surface area contributed by atoms with Crippen molar-refractivity contribution < 1.29 is 13.2 Å². The Morgan fingerprint density at radius 1 is 1.47 bits per heavy atom. The van der Waals surface area contributed by atoms with Gasteiger partial charge in [0.25, 0.3) is 0 Å². The number of terminal acetylenes is 1. The quantitative estimate of drug-likeness (QED) is 0.819. The highest BCUT2D eigenvalue weighted by Gasteiger charge is 2.32. The third kappa shape index (κ3) is 3.99. The smallest absolute Gasteiger partial charge is 0.356 e. The van der Waals surface area contributed by atoms with E-state index in [1.54, 1.807) is 0 Å². The lowest BCUT2D eigenvalue weighted by Gasteiger charge is -2.14. The maximum absolute atomic E-state index is 12.4. The number of rotatable bonds is 4. The van der Waals surface area contributed by atoms with Crippen LogP contribution in [0.4, 0.5) is 19.0 Å². The fourth-order valence-electron chi connectivity index (χ4n) is 1.34. The fourth-order valence-corrected chi connectivity index (χ4v) is 1.34. The van der Waals surface area contributed by atoms with Crippen LogP contribution in [0, 0.1) is 12.3 Å². The Bertz CT molecular complexity index is 407. The maximum Gasteiger partial charge on any atom is 0.433 e. The number of pyridine rings is 1. The Balaban J connectivity index is 2.82. The standard InChI is InChI=1S/C12H13F3N2/c1-3-6-9(4-2)16-11-8-5-7-10(17-11)12(13,14)15/h2,5,7-9H,3,6H2,1H3,(H,16,17). The topological polar surface area (TPSA) is 24.9 Å². The van der Waals surface area contributed by atoms with Crippen molar-refractivity contribution in [3.8, 4) is 12.3 Å². The summed E-state index contributed by atoms with van der Waals surface area (Å²) in [5.41, 5.74) is -0.922. The zero-order chi connectivity index (χ0) is 12.9. The van der Waals surface area contributed by atoms with Crippen LogP contribution in [0.2, 0.25) is 0 Å². The van der Waals surface area contributed by atoms with Crippen molar-refractivity contribution in [2.45, 2.75) is 32.0 Å². The summed E-state index contributed by atoms with van der Waals surface area (Å²) in [6.07, 6.45) is 2.37. The van der Waals surface area contributed by atoms with Crippen molar-refractivity contribution in [1.82, 2.24) is 4.98 Å². The van der Waals surface area contributed by atoms with E-state index in [2.05, 4.69) is 16.2 Å².